The van der Waals surface area contributed by atoms with Gasteiger partial charge in [0.15, 0.2) is 0 Å². The molecule has 1 heterocycles. The summed E-state index contributed by atoms with van der Waals surface area (Å²) in [6.07, 6.45) is -0.937. The molecule has 2 aromatic rings. The Morgan fingerprint density at radius 1 is 1.00 bits per heavy atom. The molecule has 0 bridgehead atoms. The van der Waals surface area contributed by atoms with E-state index < -0.39 is 17.9 Å². The van der Waals surface area contributed by atoms with Crippen molar-refractivity contribution in [2.24, 2.45) is 0 Å². The molecular formula is C16H12ClNO5. The Balaban J connectivity index is 1.75. The molecule has 1 aliphatic rings. The Bertz CT molecular complexity index is 729. The summed E-state index contributed by atoms with van der Waals surface area (Å²) in [6, 6.07) is 13.1. The number of benzene rings is 2. The van der Waals surface area contributed by atoms with Gasteiger partial charge in [0.05, 0.1) is 11.1 Å². The molecule has 0 aliphatic carbocycles. The Kier molecular flexibility index (Phi) is 4.40. The van der Waals surface area contributed by atoms with E-state index >= 15 is 0 Å². The molecule has 23 heavy (non-hydrogen) atoms. The van der Waals surface area contributed by atoms with Gasteiger partial charge in [0.1, 0.15) is 12.7 Å². The molecule has 2 amide bonds. The molecule has 1 N–H and O–H groups in total. The zero-order valence-electron chi connectivity index (χ0n) is 11.8. The van der Waals surface area contributed by atoms with Gasteiger partial charge in [-0.05, 0) is 18.2 Å². The summed E-state index contributed by atoms with van der Waals surface area (Å²) in [6.45, 7) is -0.258. The van der Waals surface area contributed by atoms with Crippen LogP contribution >= 0.6 is 11.6 Å². The van der Waals surface area contributed by atoms with E-state index in [1.54, 1.807) is 48.5 Å². The van der Waals surface area contributed by atoms with E-state index in [0.29, 0.717) is 15.6 Å². The van der Waals surface area contributed by atoms with Crippen molar-refractivity contribution >= 4 is 23.4 Å². The predicted octanol–water partition coefficient (Wildman–Crippen LogP) is 3.10. The summed E-state index contributed by atoms with van der Waals surface area (Å²) < 4.78 is 0. The van der Waals surface area contributed by atoms with E-state index in [9.17, 15) is 9.59 Å². The third-order valence-electron chi connectivity index (χ3n) is 3.49. The largest absolute Gasteiger partial charge is 0.285 e. The number of carbonyl (C=O) groups is 2. The number of amides is 2. The van der Waals surface area contributed by atoms with Crippen molar-refractivity contribution in [3.05, 3.63) is 70.2 Å². The Labute approximate surface area is 136 Å². The van der Waals surface area contributed by atoms with Gasteiger partial charge in [0.2, 0.25) is 0 Å². The minimum absolute atomic E-state index is 0.258. The molecule has 0 radical (unpaired) electrons. The lowest BCUT2D eigenvalue weighted by atomic mass is 10.1. The SMILES string of the molecule is O=C1c2ccccc2C(=O)N1OCC(OO)c1ccccc1Cl. The molecule has 0 fully saturated rings. The number of imide groups is 1. The number of nitrogens with zero attached hydrogens (tertiary/aromatic N) is 1. The molecule has 1 atom stereocenters. The van der Waals surface area contributed by atoms with Gasteiger partial charge in [-0.3, -0.25) is 19.7 Å². The average Bonchev–Trinajstić information content (AvgIpc) is 2.82. The summed E-state index contributed by atoms with van der Waals surface area (Å²) in [7, 11) is 0. The number of fused-ring (bicyclic) bond motifs is 1. The van der Waals surface area contributed by atoms with Gasteiger partial charge in [0, 0.05) is 10.6 Å². The van der Waals surface area contributed by atoms with Crippen LogP contribution in [0, 0.1) is 0 Å². The van der Waals surface area contributed by atoms with Gasteiger partial charge >= 0.3 is 0 Å². The molecule has 0 saturated carbocycles. The van der Waals surface area contributed by atoms with E-state index in [1.165, 1.54) is 0 Å². The third kappa shape index (κ3) is 2.85. The van der Waals surface area contributed by atoms with Crippen molar-refractivity contribution in [2.75, 3.05) is 6.61 Å². The second kappa shape index (κ2) is 6.47. The van der Waals surface area contributed by atoms with Crippen molar-refractivity contribution in [1.29, 1.82) is 0 Å². The van der Waals surface area contributed by atoms with Crippen molar-refractivity contribution in [2.45, 2.75) is 6.10 Å². The van der Waals surface area contributed by atoms with Gasteiger partial charge in [0.25, 0.3) is 11.8 Å². The zero-order valence-corrected chi connectivity index (χ0v) is 12.6. The number of rotatable bonds is 5. The van der Waals surface area contributed by atoms with E-state index in [0.717, 1.165) is 0 Å². The topological polar surface area (TPSA) is 76.1 Å². The minimum atomic E-state index is -0.937. The normalized spacial score (nSPS) is 15.0. The highest BCUT2D eigenvalue weighted by atomic mass is 35.5. The lowest BCUT2D eigenvalue weighted by Gasteiger charge is -2.18. The molecule has 6 nitrogen and oxygen atoms in total. The zero-order chi connectivity index (χ0) is 16.4. The first-order valence-electron chi connectivity index (χ1n) is 6.79. The van der Waals surface area contributed by atoms with Crippen LogP contribution in [0.4, 0.5) is 0 Å². The summed E-state index contributed by atoms with van der Waals surface area (Å²) >= 11 is 6.03. The Morgan fingerprint density at radius 3 is 2.13 bits per heavy atom. The quantitative estimate of drug-likeness (QED) is 0.517. The Morgan fingerprint density at radius 2 is 1.57 bits per heavy atom. The van der Waals surface area contributed by atoms with Gasteiger partial charge in [-0.15, -0.1) is 5.06 Å². The van der Waals surface area contributed by atoms with Crippen molar-refractivity contribution in [1.82, 2.24) is 5.06 Å². The number of hydrogen-bond acceptors (Lipinski definition) is 5. The highest BCUT2D eigenvalue weighted by molar-refractivity contribution is 6.31. The molecule has 3 rings (SSSR count). The van der Waals surface area contributed by atoms with E-state index in [2.05, 4.69) is 4.89 Å². The summed E-state index contributed by atoms with van der Waals surface area (Å²) in [5, 5.41) is 10.1. The molecule has 118 valence electrons. The first-order chi connectivity index (χ1) is 11.1. The third-order valence-corrected chi connectivity index (χ3v) is 3.84. The van der Waals surface area contributed by atoms with Gasteiger partial charge in [-0.1, -0.05) is 41.9 Å². The number of hydroxylamine groups is 2. The fourth-order valence-corrected chi connectivity index (χ4v) is 2.60. The minimum Gasteiger partial charge on any atom is -0.266 e. The lowest BCUT2D eigenvalue weighted by Crippen LogP contribution is -2.32. The van der Waals surface area contributed by atoms with E-state index in [4.69, 9.17) is 21.7 Å². The standard InChI is InChI=1S/C16H12ClNO5/c17-13-8-4-3-7-12(13)14(23-21)9-22-18-15(19)10-5-1-2-6-11(10)16(18)20/h1-8,14,21H,9H2. The van der Waals surface area contributed by atoms with Crippen molar-refractivity contribution in [3.63, 3.8) is 0 Å². The number of hydrogen-bond donors (Lipinski definition) is 1. The van der Waals surface area contributed by atoms with Crippen LogP contribution in [0.5, 0.6) is 0 Å². The van der Waals surface area contributed by atoms with Crippen LogP contribution in [-0.2, 0) is 9.73 Å². The molecular weight excluding hydrogens is 322 g/mol. The highest BCUT2D eigenvalue weighted by Gasteiger charge is 2.37. The number of halogens is 1. The molecule has 1 aliphatic heterocycles. The van der Waals surface area contributed by atoms with Gasteiger partial charge < -0.3 is 0 Å². The van der Waals surface area contributed by atoms with Crippen LogP contribution in [-0.4, -0.2) is 28.7 Å². The summed E-state index contributed by atoms with van der Waals surface area (Å²) in [4.78, 5) is 34.0. The van der Waals surface area contributed by atoms with Crippen molar-refractivity contribution in [3.8, 4) is 0 Å². The summed E-state index contributed by atoms with van der Waals surface area (Å²) in [5.74, 6) is -1.11. The van der Waals surface area contributed by atoms with Crippen LogP contribution in [0.3, 0.4) is 0 Å². The monoisotopic (exact) mass is 333 g/mol. The van der Waals surface area contributed by atoms with E-state index in [1.807, 2.05) is 0 Å². The average molecular weight is 334 g/mol. The second-order valence-electron chi connectivity index (χ2n) is 4.86. The van der Waals surface area contributed by atoms with Crippen LogP contribution in [0.15, 0.2) is 48.5 Å². The first-order valence-corrected chi connectivity index (χ1v) is 7.16. The molecule has 1 unspecified atom stereocenters. The fourth-order valence-electron chi connectivity index (χ4n) is 2.34. The molecule has 7 heteroatoms. The highest BCUT2D eigenvalue weighted by Crippen LogP contribution is 2.27. The first kappa shape index (κ1) is 15.6. The molecule has 2 aromatic carbocycles. The smallest absolute Gasteiger partial charge is 0.266 e. The predicted molar refractivity (Wildman–Crippen MR) is 80.8 cm³/mol. The summed E-state index contributed by atoms with van der Waals surface area (Å²) in [5.41, 5.74) is 1.03. The molecule has 0 aromatic heterocycles. The maximum absolute atomic E-state index is 12.2. The van der Waals surface area contributed by atoms with Crippen molar-refractivity contribution < 1.29 is 24.6 Å². The van der Waals surface area contributed by atoms with Crippen LogP contribution in [0.2, 0.25) is 5.02 Å². The van der Waals surface area contributed by atoms with Crippen LogP contribution in [0.25, 0.3) is 0 Å². The maximum Gasteiger partial charge on any atom is 0.285 e. The second-order valence-corrected chi connectivity index (χ2v) is 5.27. The van der Waals surface area contributed by atoms with Crippen LogP contribution in [0.1, 0.15) is 32.4 Å². The Hall–Kier alpha value is -2.25. The molecule has 0 saturated heterocycles. The number of carbonyl (C=O) groups excluding carboxylic acids is 2. The van der Waals surface area contributed by atoms with E-state index in [-0.39, 0.29) is 17.7 Å². The van der Waals surface area contributed by atoms with Gasteiger partial charge in [-0.25, -0.2) is 4.89 Å². The van der Waals surface area contributed by atoms with Crippen LogP contribution < -0.4 is 0 Å². The van der Waals surface area contributed by atoms with Gasteiger partial charge in [-0.2, -0.15) is 0 Å². The molecule has 0 spiro atoms. The fraction of sp³-hybridized carbons (Fsp3) is 0.125. The maximum atomic E-state index is 12.2. The lowest BCUT2D eigenvalue weighted by molar-refractivity contribution is -0.299.